The second-order valence-electron chi connectivity index (χ2n) is 6.33. The molecule has 28 heavy (non-hydrogen) atoms. The van der Waals surface area contributed by atoms with Crippen molar-refractivity contribution in [2.24, 2.45) is 0 Å². The normalized spacial score (nSPS) is 16.2. The Morgan fingerprint density at radius 1 is 1.21 bits per heavy atom. The number of esters is 1. The summed E-state index contributed by atoms with van der Waals surface area (Å²) in [6.07, 6.45) is 0.0968. The number of hydrogen-bond donors (Lipinski definition) is 2. The number of rotatable bonds is 5. The summed E-state index contributed by atoms with van der Waals surface area (Å²) in [5.41, 5.74) is 1.78. The Labute approximate surface area is 166 Å². The maximum absolute atomic E-state index is 13.1. The first-order valence-electron chi connectivity index (χ1n) is 8.64. The highest BCUT2D eigenvalue weighted by molar-refractivity contribution is 6.31. The molecule has 1 aliphatic heterocycles. The highest BCUT2D eigenvalue weighted by Crippen LogP contribution is 2.28. The van der Waals surface area contributed by atoms with Gasteiger partial charge >= 0.3 is 5.97 Å². The SMILES string of the molecule is COC(=O)c1ccc(CN2C(=O)c3ccc(Cl)cc3NC(=O)C2CCO)cc1. The third-order valence-electron chi connectivity index (χ3n) is 4.54. The van der Waals surface area contributed by atoms with E-state index in [9.17, 15) is 19.5 Å². The maximum atomic E-state index is 13.1. The molecule has 7 nitrogen and oxygen atoms in total. The van der Waals surface area contributed by atoms with E-state index in [1.807, 2.05) is 0 Å². The van der Waals surface area contributed by atoms with Gasteiger partial charge in [-0.1, -0.05) is 23.7 Å². The molecule has 2 aromatic carbocycles. The van der Waals surface area contributed by atoms with Crippen molar-refractivity contribution in [1.29, 1.82) is 0 Å². The summed E-state index contributed by atoms with van der Waals surface area (Å²) in [5, 5.41) is 12.5. The average Bonchev–Trinajstić information content (AvgIpc) is 2.78. The Balaban J connectivity index is 1.95. The predicted molar refractivity (Wildman–Crippen MR) is 103 cm³/mol. The first-order valence-corrected chi connectivity index (χ1v) is 9.02. The highest BCUT2D eigenvalue weighted by Gasteiger charge is 2.35. The lowest BCUT2D eigenvalue weighted by Gasteiger charge is -2.28. The number of nitrogens with one attached hydrogen (secondary N) is 1. The van der Waals surface area contributed by atoms with Gasteiger partial charge in [0.25, 0.3) is 5.91 Å². The number of fused-ring (bicyclic) bond motifs is 1. The molecule has 0 bridgehead atoms. The Bertz CT molecular complexity index is 913. The van der Waals surface area contributed by atoms with E-state index in [1.165, 1.54) is 18.1 Å². The molecule has 8 heteroatoms. The standard InChI is InChI=1S/C20H19ClN2O5/c1-28-20(27)13-4-2-12(3-5-13)11-23-17(8-9-24)18(25)22-16-10-14(21)6-7-15(16)19(23)26/h2-7,10,17,24H,8-9,11H2,1H3,(H,22,25). The Morgan fingerprint density at radius 2 is 1.93 bits per heavy atom. The number of carbonyl (C=O) groups is 3. The number of benzene rings is 2. The largest absolute Gasteiger partial charge is 0.465 e. The number of carbonyl (C=O) groups excluding carboxylic acids is 3. The van der Waals surface area contributed by atoms with Crippen LogP contribution in [0.5, 0.6) is 0 Å². The average molecular weight is 403 g/mol. The second-order valence-corrected chi connectivity index (χ2v) is 6.77. The highest BCUT2D eigenvalue weighted by atomic mass is 35.5. The van der Waals surface area contributed by atoms with Gasteiger partial charge in [0, 0.05) is 18.2 Å². The summed E-state index contributed by atoms with van der Waals surface area (Å²) in [4.78, 5) is 38.8. The van der Waals surface area contributed by atoms with Crippen molar-refractivity contribution in [3.05, 3.63) is 64.2 Å². The van der Waals surface area contributed by atoms with Crippen LogP contribution in [-0.2, 0) is 16.1 Å². The predicted octanol–water partition coefficient (Wildman–Crippen LogP) is 2.47. The number of methoxy groups -OCH3 is 1. The molecular formula is C20H19ClN2O5. The second kappa shape index (κ2) is 8.41. The fourth-order valence-corrected chi connectivity index (χ4v) is 3.28. The van der Waals surface area contributed by atoms with Gasteiger partial charge in [-0.15, -0.1) is 0 Å². The fourth-order valence-electron chi connectivity index (χ4n) is 3.11. The van der Waals surface area contributed by atoms with Crippen LogP contribution in [0.2, 0.25) is 5.02 Å². The van der Waals surface area contributed by atoms with Gasteiger partial charge in [-0.25, -0.2) is 4.79 Å². The zero-order chi connectivity index (χ0) is 20.3. The molecule has 0 saturated heterocycles. The first kappa shape index (κ1) is 19.9. The van der Waals surface area contributed by atoms with Gasteiger partial charge in [0.15, 0.2) is 0 Å². The van der Waals surface area contributed by atoms with Gasteiger partial charge in [0.05, 0.1) is 23.9 Å². The molecule has 0 aliphatic carbocycles. The van der Waals surface area contributed by atoms with Crippen LogP contribution in [-0.4, -0.2) is 47.5 Å². The van der Waals surface area contributed by atoms with E-state index in [0.29, 0.717) is 21.8 Å². The van der Waals surface area contributed by atoms with E-state index < -0.39 is 17.9 Å². The van der Waals surface area contributed by atoms with Crippen molar-refractivity contribution in [3.63, 3.8) is 0 Å². The van der Waals surface area contributed by atoms with E-state index in [4.69, 9.17) is 11.6 Å². The zero-order valence-corrected chi connectivity index (χ0v) is 15.9. The molecular weight excluding hydrogens is 384 g/mol. The van der Waals surface area contributed by atoms with E-state index >= 15 is 0 Å². The summed E-state index contributed by atoms with van der Waals surface area (Å²) < 4.78 is 4.68. The lowest BCUT2D eigenvalue weighted by atomic mass is 10.1. The smallest absolute Gasteiger partial charge is 0.337 e. The summed E-state index contributed by atoms with van der Waals surface area (Å²) in [7, 11) is 1.30. The van der Waals surface area contributed by atoms with Gasteiger partial charge in [-0.2, -0.15) is 0 Å². The number of aliphatic hydroxyl groups is 1. The molecule has 2 aromatic rings. The third kappa shape index (κ3) is 4.00. The number of aliphatic hydroxyl groups excluding tert-OH is 1. The molecule has 0 radical (unpaired) electrons. The van der Waals surface area contributed by atoms with Crippen LogP contribution >= 0.6 is 11.6 Å². The number of nitrogens with zero attached hydrogens (tertiary/aromatic N) is 1. The summed E-state index contributed by atoms with van der Waals surface area (Å²) >= 11 is 5.99. The van der Waals surface area contributed by atoms with Crippen LogP contribution in [0.1, 0.15) is 32.7 Å². The molecule has 0 spiro atoms. The molecule has 1 atom stereocenters. The van der Waals surface area contributed by atoms with E-state index in [1.54, 1.807) is 36.4 Å². The van der Waals surface area contributed by atoms with Gasteiger partial charge < -0.3 is 20.1 Å². The summed E-state index contributed by atoms with van der Waals surface area (Å²) in [6.45, 7) is -0.110. The number of halogens is 1. The summed E-state index contributed by atoms with van der Waals surface area (Å²) in [6, 6.07) is 10.4. The molecule has 1 aliphatic rings. The van der Waals surface area contributed by atoms with E-state index in [2.05, 4.69) is 10.1 Å². The first-order chi connectivity index (χ1) is 13.4. The van der Waals surface area contributed by atoms with Crippen molar-refractivity contribution >= 4 is 35.1 Å². The lowest BCUT2D eigenvalue weighted by molar-refractivity contribution is -0.121. The molecule has 2 amide bonds. The van der Waals surface area contributed by atoms with Crippen LogP contribution in [0.15, 0.2) is 42.5 Å². The minimum atomic E-state index is -0.844. The minimum absolute atomic E-state index is 0.0968. The van der Waals surface area contributed by atoms with E-state index in [-0.39, 0.29) is 25.5 Å². The quantitative estimate of drug-likeness (QED) is 0.749. The number of amides is 2. The van der Waals surface area contributed by atoms with Gasteiger partial charge in [0.2, 0.25) is 5.91 Å². The third-order valence-corrected chi connectivity index (χ3v) is 4.78. The Morgan fingerprint density at radius 3 is 2.57 bits per heavy atom. The number of hydrogen-bond acceptors (Lipinski definition) is 5. The molecule has 0 fully saturated rings. The molecule has 1 unspecified atom stereocenters. The van der Waals surface area contributed by atoms with Gasteiger partial charge in [-0.05, 0) is 42.3 Å². The van der Waals surface area contributed by atoms with Crippen molar-refractivity contribution in [1.82, 2.24) is 4.90 Å². The topological polar surface area (TPSA) is 95.9 Å². The molecule has 3 rings (SSSR count). The van der Waals surface area contributed by atoms with Crippen molar-refractivity contribution in [2.75, 3.05) is 19.0 Å². The molecule has 2 N–H and O–H groups in total. The summed E-state index contributed by atoms with van der Waals surface area (Å²) in [5.74, 6) is -1.20. The van der Waals surface area contributed by atoms with Crippen LogP contribution in [0.25, 0.3) is 0 Å². The maximum Gasteiger partial charge on any atom is 0.337 e. The number of ether oxygens (including phenoxy) is 1. The fraction of sp³-hybridized carbons (Fsp3) is 0.250. The van der Waals surface area contributed by atoms with Crippen LogP contribution in [0, 0.1) is 0 Å². The van der Waals surface area contributed by atoms with Crippen molar-refractivity contribution in [3.8, 4) is 0 Å². The minimum Gasteiger partial charge on any atom is -0.465 e. The number of anilines is 1. The van der Waals surface area contributed by atoms with Gasteiger partial charge in [0.1, 0.15) is 6.04 Å². The molecule has 0 aromatic heterocycles. The monoisotopic (exact) mass is 402 g/mol. The van der Waals surface area contributed by atoms with Crippen molar-refractivity contribution < 1.29 is 24.2 Å². The Kier molecular flexibility index (Phi) is 5.96. The van der Waals surface area contributed by atoms with Crippen LogP contribution < -0.4 is 5.32 Å². The van der Waals surface area contributed by atoms with Crippen LogP contribution in [0.4, 0.5) is 5.69 Å². The Hall–Kier alpha value is -2.90. The molecule has 146 valence electrons. The molecule has 0 saturated carbocycles. The molecule has 1 heterocycles. The van der Waals surface area contributed by atoms with Gasteiger partial charge in [-0.3, -0.25) is 9.59 Å². The zero-order valence-electron chi connectivity index (χ0n) is 15.1. The van der Waals surface area contributed by atoms with E-state index in [0.717, 1.165) is 5.56 Å². The van der Waals surface area contributed by atoms with Crippen molar-refractivity contribution in [2.45, 2.75) is 19.0 Å². The van der Waals surface area contributed by atoms with Crippen LogP contribution in [0.3, 0.4) is 0 Å². The lowest BCUT2D eigenvalue weighted by Crippen LogP contribution is -2.45.